The maximum atomic E-state index is 13.5. The third-order valence-corrected chi connectivity index (χ3v) is 12.5. The van der Waals surface area contributed by atoms with Crippen molar-refractivity contribution in [1.82, 2.24) is 5.32 Å². The number of phosphoric acid groups is 1. The molecule has 366 valence electrons. The molecule has 13 nitrogen and oxygen atoms in total. The van der Waals surface area contributed by atoms with Crippen molar-refractivity contribution in [3.63, 3.8) is 0 Å². The van der Waals surface area contributed by atoms with Crippen LogP contribution in [0.3, 0.4) is 0 Å². The van der Waals surface area contributed by atoms with Gasteiger partial charge in [0.25, 0.3) is 0 Å². The monoisotopic (exact) mass is 906 g/mol. The third-order valence-electron chi connectivity index (χ3n) is 12.0. The molecule has 1 saturated heterocycles. The average molecular weight is 906 g/mol. The molecule has 1 rings (SSSR count). The highest BCUT2D eigenvalue weighted by Crippen LogP contribution is 2.42. The quantitative estimate of drug-likeness (QED) is 0.0221. The van der Waals surface area contributed by atoms with Crippen molar-refractivity contribution in [2.24, 2.45) is 0 Å². The molecule has 0 spiro atoms. The lowest BCUT2D eigenvalue weighted by Gasteiger charge is -2.44. The van der Waals surface area contributed by atoms with Crippen molar-refractivity contribution in [3.8, 4) is 0 Å². The number of phosphoric ester groups is 1. The Balaban J connectivity index is 2.97. The highest BCUT2D eigenvalue weighted by Gasteiger charge is 2.53. The summed E-state index contributed by atoms with van der Waals surface area (Å²) in [5, 5.41) is 23.8. The predicted molar refractivity (Wildman–Crippen MR) is 245 cm³/mol. The molecule has 6 atom stereocenters. The van der Waals surface area contributed by atoms with Crippen LogP contribution in [0.15, 0.2) is 0 Å². The van der Waals surface area contributed by atoms with E-state index in [2.05, 4.69) is 26.1 Å². The number of unbranched alkanes of at least 4 members (excludes halogenated alkanes) is 28. The van der Waals surface area contributed by atoms with Gasteiger partial charge in [0.05, 0.1) is 19.1 Å². The van der Waals surface area contributed by atoms with Gasteiger partial charge in [-0.25, -0.2) is 4.57 Å². The molecule has 0 aromatic carbocycles. The number of ether oxygens (including phenoxy) is 3. The minimum Gasteiger partial charge on any atom is -0.457 e. The molecule has 5 N–H and O–H groups in total. The van der Waals surface area contributed by atoms with Crippen LogP contribution < -0.4 is 5.32 Å². The van der Waals surface area contributed by atoms with Crippen LogP contribution in [0.5, 0.6) is 0 Å². The largest absolute Gasteiger partial charge is 0.470 e. The summed E-state index contributed by atoms with van der Waals surface area (Å²) >= 11 is 0. The van der Waals surface area contributed by atoms with Gasteiger partial charge in [-0.15, -0.1) is 0 Å². The van der Waals surface area contributed by atoms with Gasteiger partial charge in [-0.1, -0.05) is 207 Å². The summed E-state index contributed by atoms with van der Waals surface area (Å²) in [5.41, 5.74) is 0. The zero-order valence-corrected chi connectivity index (χ0v) is 40.3. The Hall–Kier alpha value is -1.60. The first kappa shape index (κ1) is 58.4. The molecule has 0 unspecified atom stereocenters. The fourth-order valence-corrected chi connectivity index (χ4v) is 8.82. The van der Waals surface area contributed by atoms with Gasteiger partial charge in [-0.2, -0.15) is 0 Å². The second-order valence-corrected chi connectivity index (χ2v) is 19.1. The average Bonchev–Trinajstić information content (AvgIpc) is 3.22. The van der Waals surface area contributed by atoms with Crippen LogP contribution in [0.4, 0.5) is 0 Å². The number of aliphatic hydroxyl groups excluding tert-OH is 2. The number of rotatable bonds is 42. The third kappa shape index (κ3) is 31.3. The molecular formula is C48H92NO12P. The van der Waals surface area contributed by atoms with Crippen LogP contribution in [-0.2, 0) is 37.7 Å². The second-order valence-electron chi connectivity index (χ2n) is 17.9. The summed E-state index contributed by atoms with van der Waals surface area (Å²) in [4.78, 5) is 59.8. The number of aliphatic hydroxyl groups is 2. The summed E-state index contributed by atoms with van der Waals surface area (Å²) in [6.45, 7) is 5.79. The van der Waals surface area contributed by atoms with Crippen molar-refractivity contribution in [2.45, 2.75) is 282 Å². The molecule has 0 aromatic heterocycles. The van der Waals surface area contributed by atoms with E-state index in [9.17, 15) is 38.9 Å². The smallest absolute Gasteiger partial charge is 0.457 e. The maximum Gasteiger partial charge on any atom is 0.470 e. The van der Waals surface area contributed by atoms with Gasteiger partial charge in [0.1, 0.15) is 18.2 Å². The molecule has 1 aliphatic heterocycles. The van der Waals surface area contributed by atoms with E-state index in [1.807, 2.05) is 0 Å². The van der Waals surface area contributed by atoms with Crippen molar-refractivity contribution in [1.29, 1.82) is 0 Å². The van der Waals surface area contributed by atoms with Crippen LogP contribution in [0.25, 0.3) is 0 Å². The number of carbonyl (C=O) groups is 3. The van der Waals surface area contributed by atoms with Gasteiger partial charge in [0.2, 0.25) is 12.2 Å². The van der Waals surface area contributed by atoms with E-state index in [-0.39, 0.29) is 12.8 Å². The molecule has 1 heterocycles. The summed E-state index contributed by atoms with van der Waals surface area (Å²) < 4.78 is 34.7. The van der Waals surface area contributed by atoms with Gasteiger partial charge in [-0.05, 0) is 19.3 Å². The van der Waals surface area contributed by atoms with Crippen molar-refractivity contribution in [3.05, 3.63) is 0 Å². The van der Waals surface area contributed by atoms with Crippen molar-refractivity contribution >= 4 is 25.7 Å². The van der Waals surface area contributed by atoms with E-state index in [0.29, 0.717) is 25.7 Å². The number of hydrogen-bond acceptors (Lipinski definition) is 10. The molecule has 1 fully saturated rings. The highest BCUT2D eigenvalue weighted by atomic mass is 31.2. The highest BCUT2D eigenvalue weighted by molar-refractivity contribution is 7.46. The van der Waals surface area contributed by atoms with Crippen molar-refractivity contribution < 1.29 is 57.7 Å². The topological polar surface area (TPSA) is 198 Å². The molecular weight excluding hydrogens is 813 g/mol. The van der Waals surface area contributed by atoms with Crippen LogP contribution in [0.2, 0.25) is 0 Å². The number of esters is 2. The van der Waals surface area contributed by atoms with Crippen LogP contribution in [0.1, 0.15) is 245 Å². The van der Waals surface area contributed by atoms with E-state index in [1.165, 1.54) is 109 Å². The normalized spacial score (nSPS) is 19.6. The lowest BCUT2D eigenvalue weighted by atomic mass is 9.96. The van der Waals surface area contributed by atoms with Gasteiger partial charge in [0, 0.05) is 12.8 Å². The summed E-state index contributed by atoms with van der Waals surface area (Å²) in [5.74, 6) is -1.97. The molecule has 1 amide bonds. The zero-order valence-electron chi connectivity index (χ0n) is 39.4. The Morgan fingerprint density at radius 2 is 0.968 bits per heavy atom. The standard InChI is InChI=1S/C48H92NO12P/c1-4-7-10-13-16-19-21-24-27-30-33-36-42(52)49-45-47(59-44(54)38-40(51)35-32-29-26-23-18-15-12-9-6-3)46(61-62(55,56)57)41(39-50)58-48(45)60-43(53)37-34-31-28-25-22-20-17-14-11-8-5-2/h40-41,45-48,50-51H,4-39H2,1-3H3,(H,49,52)(H2,55,56,57)/t40-,41-,45-,46-,47-,48-/m1/s1. The number of hydrogen-bond donors (Lipinski definition) is 5. The van der Waals surface area contributed by atoms with Gasteiger partial charge >= 0.3 is 19.8 Å². The number of nitrogens with one attached hydrogen (secondary N) is 1. The van der Waals surface area contributed by atoms with E-state index < -0.39 is 75.4 Å². The Kier molecular flexibility index (Phi) is 36.4. The Morgan fingerprint density at radius 1 is 0.565 bits per heavy atom. The molecule has 62 heavy (non-hydrogen) atoms. The van der Waals surface area contributed by atoms with Gasteiger partial charge in [-0.3, -0.25) is 18.9 Å². The Bertz CT molecular complexity index is 1160. The number of carbonyl (C=O) groups excluding carboxylic acids is 3. The maximum absolute atomic E-state index is 13.5. The van der Waals surface area contributed by atoms with E-state index in [4.69, 9.17) is 18.7 Å². The zero-order chi connectivity index (χ0) is 45.7. The lowest BCUT2D eigenvalue weighted by molar-refractivity contribution is -0.264. The van der Waals surface area contributed by atoms with E-state index in [1.54, 1.807) is 0 Å². The number of amides is 1. The summed E-state index contributed by atoms with van der Waals surface area (Å²) in [6.07, 6.45) is 26.8. The summed E-state index contributed by atoms with van der Waals surface area (Å²) in [6, 6.07) is -1.42. The van der Waals surface area contributed by atoms with Crippen molar-refractivity contribution in [2.75, 3.05) is 6.61 Å². The minimum absolute atomic E-state index is 0.0675. The van der Waals surface area contributed by atoms with Crippen LogP contribution in [-0.4, -0.2) is 81.2 Å². The first-order valence-corrected chi connectivity index (χ1v) is 26.8. The van der Waals surface area contributed by atoms with Gasteiger partial charge < -0.3 is 39.5 Å². The first-order chi connectivity index (χ1) is 29.9. The summed E-state index contributed by atoms with van der Waals surface area (Å²) in [7, 11) is -5.26. The van der Waals surface area contributed by atoms with Crippen LogP contribution in [0, 0.1) is 0 Å². The Morgan fingerprint density at radius 3 is 1.39 bits per heavy atom. The minimum atomic E-state index is -5.26. The van der Waals surface area contributed by atoms with E-state index >= 15 is 0 Å². The molecule has 14 heteroatoms. The van der Waals surface area contributed by atoms with E-state index in [0.717, 1.165) is 70.6 Å². The molecule has 0 aromatic rings. The predicted octanol–water partition coefficient (Wildman–Crippen LogP) is 11.2. The Labute approximate surface area is 376 Å². The van der Waals surface area contributed by atoms with Crippen LogP contribution >= 0.6 is 7.82 Å². The SMILES string of the molecule is CCCCCCCCCCCCCC(=O)N[C@H]1[C@@H](OC(=O)CCCCCCCCCCCCC)O[C@H](CO)[C@@H](OP(=O)(O)O)[C@@H]1OC(=O)C[C@H](O)CCCCCCCCCCC. The lowest BCUT2D eigenvalue weighted by Crippen LogP contribution is -2.66. The fraction of sp³-hybridized carbons (Fsp3) is 0.938. The molecule has 0 radical (unpaired) electrons. The first-order valence-electron chi connectivity index (χ1n) is 25.3. The van der Waals surface area contributed by atoms with Gasteiger partial charge in [0.15, 0.2) is 6.10 Å². The molecule has 0 bridgehead atoms. The molecule has 0 aliphatic carbocycles. The second kappa shape index (κ2) is 38.6. The molecule has 1 aliphatic rings. The molecule has 0 saturated carbocycles. The fourth-order valence-electron chi connectivity index (χ4n) is 8.24.